The zero-order valence-corrected chi connectivity index (χ0v) is 18.3. The lowest BCUT2D eigenvalue weighted by molar-refractivity contribution is -0.117. The predicted molar refractivity (Wildman–Crippen MR) is 120 cm³/mol. The molecule has 3 aromatic rings. The molecule has 0 aliphatic carbocycles. The molecule has 7 nitrogen and oxygen atoms in total. The summed E-state index contributed by atoms with van der Waals surface area (Å²) in [4.78, 5) is 14.3. The fourth-order valence-electron chi connectivity index (χ4n) is 3.64. The average molecular weight is 468 g/mol. The first-order valence-corrected chi connectivity index (χ1v) is 11.6. The van der Waals surface area contributed by atoms with Crippen LogP contribution in [0.1, 0.15) is 23.5 Å². The minimum Gasteiger partial charge on any atom is -0.457 e. The lowest BCUT2D eigenvalue weighted by atomic mass is 9.97. The van der Waals surface area contributed by atoms with Crippen LogP contribution in [-0.4, -0.2) is 20.9 Å². The molecular weight excluding hydrogens is 450 g/mol. The molecule has 2 N–H and O–H groups in total. The Balaban J connectivity index is 1.59. The van der Waals surface area contributed by atoms with E-state index < -0.39 is 10.0 Å². The van der Waals surface area contributed by atoms with Crippen molar-refractivity contribution in [1.29, 1.82) is 5.26 Å². The first-order chi connectivity index (χ1) is 15.2. The average Bonchev–Trinajstić information content (AvgIpc) is 3.15. The third-order valence-corrected chi connectivity index (χ3v) is 6.39. The molecule has 0 aromatic heterocycles. The molecule has 4 rings (SSSR count). The molecule has 162 valence electrons. The molecule has 3 aromatic carbocycles. The number of nitriles is 1. The summed E-state index contributed by atoms with van der Waals surface area (Å²) >= 11 is 6.18. The summed E-state index contributed by atoms with van der Waals surface area (Å²) in [6.45, 7) is 0.402. The largest absolute Gasteiger partial charge is 0.457 e. The van der Waals surface area contributed by atoms with Crippen molar-refractivity contribution in [3.05, 3.63) is 82.9 Å². The Hall–Kier alpha value is -3.38. The molecule has 0 bridgehead atoms. The third-order valence-electron chi connectivity index (χ3n) is 5.23. The fraction of sp³-hybridized carbons (Fsp3) is 0.130. The van der Waals surface area contributed by atoms with Crippen LogP contribution in [0.2, 0.25) is 5.02 Å². The first kappa shape index (κ1) is 21.8. The molecule has 0 saturated carbocycles. The van der Waals surface area contributed by atoms with Crippen molar-refractivity contribution in [3.63, 3.8) is 0 Å². The molecule has 32 heavy (non-hydrogen) atoms. The molecule has 9 heteroatoms. The number of anilines is 1. The van der Waals surface area contributed by atoms with Gasteiger partial charge in [0.1, 0.15) is 11.5 Å². The van der Waals surface area contributed by atoms with Gasteiger partial charge in [-0.1, -0.05) is 17.7 Å². The molecule has 0 spiro atoms. The van der Waals surface area contributed by atoms with E-state index in [1.807, 2.05) is 6.07 Å². The number of benzene rings is 3. The van der Waals surface area contributed by atoms with Gasteiger partial charge in [-0.15, -0.1) is 0 Å². The van der Waals surface area contributed by atoms with Crippen molar-refractivity contribution in [2.24, 2.45) is 5.14 Å². The van der Waals surface area contributed by atoms with Gasteiger partial charge in [0.15, 0.2) is 0 Å². The second-order valence-corrected chi connectivity index (χ2v) is 9.36. The van der Waals surface area contributed by atoms with Gasteiger partial charge in [0.2, 0.25) is 15.9 Å². The summed E-state index contributed by atoms with van der Waals surface area (Å²) in [7, 11) is -3.80. The van der Waals surface area contributed by atoms with Gasteiger partial charge in [0, 0.05) is 35.2 Å². The number of nitrogens with two attached hydrogens (primary N) is 1. The highest BCUT2D eigenvalue weighted by atomic mass is 35.5. The molecule has 1 fully saturated rings. The Kier molecular flexibility index (Phi) is 5.89. The van der Waals surface area contributed by atoms with Crippen molar-refractivity contribution < 1.29 is 17.9 Å². The van der Waals surface area contributed by atoms with Crippen molar-refractivity contribution in [2.45, 2.75) is 17.2 Å². The summed E-state index contributed by atoms with van der Waals surface area (Å²) in [6.07, 6.45) is 0.266. The number of hydrogen-bond acceptors (Lipinski definition) is 5. The van der Waals surface area contributed by atoms with E-state index in [1.165, 1.54) is 12.1 Å². The van der Waals surface area contributed by atoms with E-state index in [2.05, 4.69) is 6.07 Å². The summed E-state index contributed by atoms with van der Waals surface area (Å²) in [5.41, 5.74) is 1.94. The Bertz CT molecular complexity index is 1320. The predicted octanol–water partition coefficient (Wildman–Crippen LogP) is 4.17. The third kappa shape index (κ3) is 4.60. The Morgan fingerprint density at radius 3 is 2.38 bits per heavy atom. The molecule has 1 aliphatic rings. The maximum absolute atomic E-state index is 12.7. The fourth-order valence-corrected chi connectivity index (χ4v) is 4.32. The maximum Gasteiger partial charge on any atom is 0.238 e. The van der Waals surface area contributed by atoms with E-state index in [1.54, 1.807) is 53.4 Å². The molecule has 1 saturated heterocycles. The van der Waals surface area contributed by atoms with Crippen LogP contribution in [0.3, 0.4) is 0 Å². The summed E-state index contributed by atoms with van der Waals surface area (Å²) in [5, 5.41) is 14.6. The lowest BCUT2D eigenvalue weighted by Crippen LogP contribution is -2.24. The van der Waals surface area contributed by atoms with E-state index in [0.29, 0.717) is 34.3 Å². The molecule has 1 heterocycles. The topological polar surface area (TPSA) is 113 Å². The quantitative estimate of drug-likeness (QED) is 0.604. The number of ether oxygens (including phenoxy) is 1. The van der Waals surface area contributed by atoms with Gasteiger partial charge in [-0.3, -0.25) is 4.79 Å². The van der Waals surface area contributed by atoms with Gasteiger partial charge in [0.25, 0.3) is 0 Å². The smallest absolute Gasteiger partial charge is 0.238 e. The van der Waals surface area contributed by atoms with Crippen LogP contribution >= 0.6 is 11.6 Å². The van der Waals surface area contributed by atoms with Gasteiger partial charge in [-0.25, -0.2) is 13.6 Å². The van der Waals surface area contributed by atoms with Gasteiger partial charge >= 0.3 is 0 Å². The van der Waals surface area contributed by atoms with Crippen LogP contribution in [0.25, 0.3) is 0 Å². The van der Waals surface area contributed by atoms with E-state index in [0.717, 1.165) is 5.56 Å². The van der Waals surface area contributed by atoms with Gasteiger partial charge in [0.05, 0.1) is 16.5 Å². The van der Waals surface area contributed by atoms with Crippen LogP contribution in [0.5, 0.6) is 11.5 Å². The van der Waals surface area contributed by atoms with Crippen molar-refractivity contribution in [3.8, 4) is 17.6 Å². The van der Waals surface area contributed by atoms with Gasteiger partial charge in [-0.2, -0.15) is 5.26 Å². The Morgan fingerprint density at radius 2 is 1.75 bits per heavy atom. The standard InChI is InChI=1S/C23H18ClN3O4S/c24-17-3-10-21(22(12-17)31-19-6-1-15(13-25)2-7-19)16-11-23(28)27(14-16)18-4-8-20(9-5-18)32(26,29)30/h1-10,12,16H,11,14H2,(H2,26,29,30)/t16-/m0/s1. The molecular formula is C23H18ClN3O4S. The molecule has 1 aliphatic heterocycles. The van der Waals surface area contributed by atoms with E-state index in [9.17, 15) is 13.2 Å². The summed E-state index contributed by atoms with van der Waals surface area (Å²) < 4.78 is 29.0. The second kappa shape index (κ2) is 8.63. The second-order valence-electron chi connectivity index (χ2n) is 7.36. The number of rotatable bonds is 5. The van der Waals surface area contributed by atoms with Gasteiger partial charge < -0.3 is 9.64 Å². The number of primary sulfonamides is 1. The van der Waals surface area contributed by atoms with Crippen LogP contribution < -0.4 is 14.8 Å². The number of nitrogens with zero attached hydrogens (tertiary/aromatic N) is 2. The van der Waals surface area contributed by atoms with Crippen LogP contribution in [0.4, 0.5) is 5.69 Å². The first-order valence-electron chi connectivity index (χ1n) is 9.65. The van der Waals surface area contributed by atoms with Crippen molar-refractivity contribution in [1.82, 2.24) is 0 Å². The van der Waals surface area contributed by atoms with Crippen LogP contribution in [0, 0.1) is 11.3 Å². The van der Waals surface area contributed by atoms with Gasteiger partial charge in [-0.05, 0) is 60.7 Å². The summed E-state index contributed by atoms with van der Waals surface area (Å²) in [6, 6.07) is 19.9. The number of carbonyl (C=O) groups is 1. The highest BCUT2D eigenvalue weighted by molar-refractivity contribution is 7.89. The normalized spacial score (nSPS) is 16.1. The number of carbonyl (C=O) groups excluding carboxylic acids is 1. The molecule has 0 radical (unpaired) electrons. The van der Waals surface area contributed by atoms with E-state index in [-0.39, 0.29) is 23.1 Å². The molecule has 0 unspecified atom stereocenters. The Morgan fingerprint density at radius 1 is 1.06 bits per heavy atom. The highest BCUT2D eigenvalue weighted by Gasteiger charge is 2.33. The minimum atomic E-state index is -3.80. The number of sulfonamides is 1. The van der Waals surface area contributed by atoms with Crippen LogP contribution in [-0.2, 0) is 14.8 Å². The lowest BCUT2D eigenvalue weighted by Gasteiger charge is -2.19. The number of hydrogen-bond donors (Lipinski definition) is 1. The monoisotopic (exact) mass is 467 g/mol. The molecule has 1 amide bonds. The Labute approximate surface area is 190 Å². The van der Waals surface area contributed by atoms with Crippen LogP contribution in [0.15, 0.2) is 71.6 Å². The highest BCUT2D eigenvalue weighted by Crippen LogP contribution is 2.39. The number of amides is 1. The SMILES string of the molecule is N#Cc1ccc(Oc2cc(Cl)ccc2[C@H]2CC(=O)N(c3ccc(S(N)(=O)=O)cc3)C2)cc1. The molecule has 1 atom stereocenters. The zero-order chi connectivity index (χ0) is 22.9. The zero-order valence-electron chi connectivity index (χ0n) is 16.7. The van der Waals surface area contributed by atoms with E-state index in [4.69, 9.17) is 26.7 Å². The summed E-state index contributed by atoms with van der Waals surface area (Å²) in [5.74, 6) is 0.849. The van der Waals surface area contributed by atoms with E-state index >= 15 is 0 Å². The van der Waals surface area contributed by atoms with Crippen molar-refractivity contribution >= 4 is 33.2 Å². The minimum absolute atomic E-state index is 0.0137. The maximum atomic E-state index is 12.7. The number of halogens is 1. The van der Waals surface area contributed by atoms with Crippen molar-refractivity contribution in [2.75, 3.05) is 11.4 Å².